The molecule has 0 radical (unpaired) electrons. The monoisotopic (exact) mass is 373 g/mol. The Kier molecular flexibility index (Phi) is 4.34. The molecule has 1 aliphatic heterocycles. The van der Waals surface area contributed by atoms with Crippen molar-refractivity contribution in [2.24, 2.45) is 0 Å². The highest BCUT2D eigenvalue weighted by molar-refractivity contribution is 6.32. The van der Waals surface area contributed by atoms with Gasteiger partial charge in [-0.3, -0.25) is 4.79 Å². The van der Waals surface area contributed by atoms with E-state index in [4.69, 9.17) is 21.1 Å². The number of ether oxygens (including phenoxy) is 2. The van der Waals surface area contributed by atoms with Crippen LogP contribution in [-0.4, -0.2) is 45.2 Å². The lowest BCUT2D eigenvalue weighted by Gasteiger charge is -2.20. The number of fused-ring (bicyclic) bond motifs is 2. The van der Waals surface area contributed by atoms with Crippen molar-refractivity contribution in [2.45, 2.75) is 13.3 Å². The normalized spacial score (nSPS) is 13.0. The molecule has 1 amide bonds. The molecule has 3 heterocycles. The van der Waals surface area contributed by atoms with E-state index in [0.717, 1.165) is 11.3 Å². The summed E-state index contributed by atoms with van der Waals surface area (Å²) >= 11 is 6.22. The predicted octanol–water partition coefficient (Wildman–Crippen LogP) is 1.83. The molecule has 3 aromatic rings. The minimum absolute atomic E-state index is 0.0898. The van der Waals surface area contributed by atoms with E-state index in [9.17, 15) is 4.79 Å². The lowest BCUT2D eigenvalue weighted by molar-refractivity contribution is 0.0944. The molecule has 8 nitrogen and oxygen atoms in total. The van der Waals surface area contributed by atoms with Crippen LogP contribution < -0.4 is 14.8 Å². The number of hydrogen-bond donors (Lipinski definition) is 1. The van der Waals surface area contributed by atoms with Crippen LogP contribution in [-0.2, 0) is 6.42 Å². The minimum Gasteiger partial charge on any atom is -0.486 e. The van der Waals surface area contributed by atoms with E-state index in [-0.39, 0.29) is 11.7 Å². The van der Waals surface area contributed by atoms with Crippen molar-refractivity contribution in [3.8, 4) is 11.5 Å². The summed E-state index contributed by atoms with van der Waals surface area (Å²) in [6.45, 7) is 3.27. The van der Waals surface area contributed by atoms with Crippen molar-refractivity contribution < 1.29 is 14.3 Å². The molecule has 0 bridgehead atoms. The molecule has 0 unspecified atom stereocenters. The maximum absolute atomic E-state index is 12.3. The molecule has 0 aliphatic carbocycles. The van der Waals surface area contributed by atoms with E-state index in [2.05, 4.69) is 20.4 Å². The molecule has 134 valence electrons. The lowest BCUT2D eigenvalue weighted by atomic mass is 10.1. The second-order valence-electron chi connectivity index (χ2n) is 5.84. The Balaban J connectivity index is 1.42. The standard InChI is InChI=1S/C17H16ClN5O3/c1-10-2-4-20-17-21-15(22-23(10)17)16(24)19-5-3-11-8-12(18)14-13(9-11)25-6-7-26-14/h2,4,8-9H,3,5-7H2,1H3,(H,19,24). The Labute approximate surface area is 154 Å². The first kappa shape index (κ1) is 16.6. The molecule has 0 saturated heterocycles. The molecular weight excluding hydrogens is 358 g/mol. The van der Waals surface area contributed by atoms with E-state index in [0.29, 0.717) is 48.5 Å². The van der Waals surface area contributed by atoms with Gasteiger partial charge < -0.3 is 14.8 Å². The number of carbonyl (C=O) groups excluding carboxylic acids is 1. The first-order chi connectivity index (χ1) is 12.6. The number of nitrogens with one attached hydrogen (secondary N) is 1. The number of halogens is 1. The van der Waals surface area contributed by atoms with Crippen LogP contribution in [0.15, 0.2) is 24.4 Å². The zero-order valence-electron chi connectivity index (χ0n) is 14.0. The average molecular weight is 374 g/mol. The molecule has 1 aromatic carbocycles. The number of aromatic nitrogens is 4. The van der Waals surface area contributed by atoms with Crippen molar-refractivity contribution in [3.05, 3.63) is 46.5 Å². The first-order valence-corrected chi connectivity index (χ1v) is 8.54. The molecule has 1 aliphatic rings. The van der Waals surface area contributed by atoms with Gasteiger partial charge in [0, 0.05) is 18.4 Å². The number of hydrogen-bond acceptors (Lipinski definition) is 6. The first-order valence-electron chi connectivity index (χ1n) is 8.16. The molecular formula is C17H16ClN5O3. The fourth-order valence-corrected chi connectivity index (χ4v) is 3.00. The van der Waals surface area contributed by atoms with Crippen LogP contribution in [0.3, 0.4) is 0 Å². The van der Waals surface area contributed by atoms with Crippen LogP contribution in [0.25, 0.3) is 5.78 Å². The predicted molar refractivity (Wildman–Crippen MR) is 94.0 cm³/mol. The quantitative estimate of drug-likeness (QED) is 0.750. The van der Waals surface area contributed by atoms with E-state index < -0.39 is 0 Å². The summed E-state index contributed by atoms with van der Waals surface area (Å²) < 4.78 is 12.6. The number of rotatable bonds is 4. The van der Waals surface area contributed by atoms with Gasteiger partial charge in [0.05, 0.1) is 5.02 Å². The van der Waals surface area contributed by atoms with Gasteiger partial charge in [-0.2, -0.15) is 4.98 Å². The topological polar surface area (TPSA) is 90.6 Å². The van der Waals surface area contributed by atoms with Gasteiger partial charge in [-0.15, -0.1) is 5.10 Å². The van der Waals surface area contributed by atoms with E-state index in [1.54, 1.807) is 12.3 Å². The van der Waals surface area contributed by atoms with Gasteiger partial charge in [0.2, 0.25) is 5.82 Å². The summed E-state index contributed by atoms with van der Waals surface area (Å²) in [5.74, 6) is 1.34. The third-order valence-corrected chi connectivity index (χ3v) is 4.27. The molecule has 2 aromatic heterocycles. The maximum atomic E-state index is 12.3. The second kappa shape index (κ2) is 6.80. The van der Waals surface area contributed by atoms with Gasteiger partial charge in [0.25, 0.3) is 11.7 Å². The number of amides is 1. The fourth-order valence-electron chi connectivity index (χ4n) is 2.71. The molecule has 0 saturated carbocycles. The molecule has 1 N–H and O–H groups in total. The van der Waals surface area contributed by atoms with Crippen LogP contribution in [0.4, 0.5) is 0 Å². The number of nitrogens with zero attached hydrogens (tertiary/aromatic N) is 4. The highest BCUT2D eigenvalue weighted by atomic mass is 35.5. The maximum Gasteiger partial charge on any atom is 0.291 e. The summed E-state index contributed by atoms with van der Waals surface area (Å²) in [5, 5.41) is 7.50. The van der Waals surface area contributed by atoms with Crippen LogP contribution in [0.1, 0.15) is 21.9 Å². The largest absolute Gasteiger partial charge is 0.486 e. The molecule has 9 heteroatoms. The van der Waals surface area contributed by atoms with E-state index in [1.807, 2.05) is 19.1 Å². The zero-order chi connectivity index (χ0) is 18.1. The van der Waals surface area contributed by atoms with Crippen LogP contribution in [0, 0.1) is 6.92 Å². The van der Waals surface area contributed by atoms with Crippen molar-refractivity contribution in [1.29, 1.82) is 0 Å². The highest BCUT2D eigenvalue weighted by Crippen LogP contribution is 2.38. The van der Waals surface area contributed by atoms with Crippen LogP contribution in [0.2, 0.25) is 5.02 Å². The summed E-state index contributed by atoms with van der Waals surface area (Å²) in [4.78, 5) is 20.5. The Morgan fingerprint density at radius 3 is 3.04 bits per heavy atom. The SMILES string of the molecule is Cc1ccnc2nc(C(=O)NCCc3cc(Cl)c4c(c3)OCCO4)nn12. The number of aryl methyl sites for hydroxylation is 1. The Morgan fingerprint density at radius 2 is 2.19 bits per heavy atom. The second-order valence-corrected chi connectivity index (χ2v) is 6.25. The lowest BCUT2D eigenvalue weighted by Crippen LogP contribution is -2.27. The molecule has 26 heavy (non-hydrogen) atoms. The zero-order valence-corrected chi connectivity index (χ0v) is 14.8. The summed E-state index contributed by atoms with van der Waals surface area (Å²) in [5.41, 5.74) is 1.80. The Bertz CT molecular complexity index is 988. The Morgan fingerprint density at radius 1 is 1.35 bits per heavy atom. The van der Waals surface area contributed by atoms with Crippen LogP contribution >= 0.6 is 11.6 Å². The van der Waals surface area contributed by atoms with Gasteiger partial charge in [0.1, 0.15) is 13.2 Å². The van der Waals surface area contributed by atoms with Gasteiger partial charge in [-0.1, -0.05) is 11.6 Å². The smallest absolute Gasteiger partial charge is 0.291 e. The van der Waals surface area contributed by atoms with Gasteiger partial charge >= 0.3 is 0 Å². The third kappa shape index (κ3) is 3.15. The number of carbonyl (C=O) groups is 1. The van der Waals surface area contributed by atoms with Crippen molar-refractivity contribution in [3.63, 3.8) is 0 Å². The summed E-state index contributed by atoms with van der Waals surface area (Å²) in [7, 11) is 0. The van der Waals surface area contributed by atoms with Crippen LogP contribution in [0.5, 0.6) is 11.5 Å². The average Bonchev–Trinajstić information content (AvgIpc) is 3.08. The summed E-state index contributed by atoms with van der Waals surface area (Å²) in [6.07, 6.45) is 2.22. The highest BCUT2D eigenvalue weighted by Gasteiger charge is 2.17. The molecule has 0 fully saturated rings. The molecule has 0 spiro atoms. The fraction of sp³-hybridized carbons (Fsp3) is 0.294. The van der Waals surface area contributed by atoms with E-state index >= 15 is 0 Å². The van der Waals surface area contributed by atoms with Crippen molar-refractivity contribution in [2.75, 3.05) is 19.8 Å². The summed E-state index contributed by atoms with van der Waals surface area (Å²) in [6, 6.07) is 5.50. The molecule has 0 atom stereocenters. The van der Waals surface area contributed by atoms with Gasteiger partial charge in [-0.05, 0) is 37.1 Å². The van der Waals surface area contributed by atoms with Crippen molar-refractivity contribution >= 4 is 23.3 Å². The third-order valence-electron chi connectivity index (χ3n) is 3.99. The van der Waals surface area contributed by atoms with E-state index in [1.165, 1.54) is 4.52 Å². The number of benzene rings is 1. The Hall–Kier alpha value is -2.87. The minimum atomic E-state index is -0.349. The molecule has 4 rings (SSSR count). The van der Waals surface area contributed by atoms with Gasteiger partial charge in [-0.25, -0.2) is 9.50 Å². The van der Waals surface area contributed by atoms with Gasteiger partial charge in [0.15, 0.2) is 11.5 Å². The van der Waals surface area contributed by atoms with Crippen molar-refractivity contribution in [1.82, 2.24) is 24.9 Å².